The first-order valence-electron chi connectivity index (χ1n) is 8.64. The van der Waals surface area contributed by atoms with Crippen molar-refractivity contribution in [2.24, 2.45) is 0 Å². The van der Waals surface area contributed by atoms with Crippen LogP contribution < -0.4 is 0 Å². The Morgan fingerprint density at radius 3 is 2.33 bits per heavy atom. The zero-order valence-electron chi connectivity index (χ0n) is 14.7. The molecule has 3 nitrogen and oxygen atoms in total. The van der Waals surface area contributed by atoms with Crippen molar-refractivity contribution >= 4 is 5.91 Å². The van der Waals surface area contributed by atoms with E-state index in [2.05, 4.69) is 48.5 Å². The molecular weight excluding hydrogens is 298 g/mol. The first-order chi connectivity index (χ1) is 11.5. The fourth-order valence-electron chi connectivity index (χ4n) is 3.33. The SMILES string of the molecule is CCC(=O)N1OC(C)(C)C[C@@H]1Cc1ccc(-c2ccccc2)cc1. The predicted molar refractivity (Wildman–Crippen MR) is 96.3 cm³/mol. The van der Waals surface area contributed by atoms with E-state index < -0.39 is 0 Å². The van der Waals surface area contributed by atoms with Gasteiger partial charge in [0.15, 0.2) is 0 Å². The standard InChI is InChI=1S/C21H25NO2/c1-4-20(23)22-19(15-21(2,3)24-22)14-16-10-12-18(13-11-16)17-8-6-5-7-9-17/h5-13,19H,4,14-15H2,1-3H3/t19-/m0/s1. The van der Waals surface area contributed by atoms with Gasteiger partial charge in [-0.1, -0.05) is 61.5 Å². The Hall–Kier alpha value is -2.13. The number of amides is 1. The molecule has 0 saturated carbocycles. The average molecular weight is 323 g/mol. The van der Waals surface area contributed by atoms with Gasteiger partial charge in [-0.05, 0) is 37.0 Å². The highest BCUT2D eigenvalue weighted by atomic mass is 16.7. The van der Waals surface area contributed by atoms with Gasteiger partial charge in [0.05, 0.1) is 11.6 Å². The van der Waals surface area contributed by atoms with Crippen molar-refractivity contribution in [2.75, 3.05) is 0 Å². The fourth-order valence-corrected chi connectivity index (χ4v) is 3.33. The normalized spacial score (nSPS) is 19.5. The Balaban J connectivity index is 1.74. The van der Waals surface area contributed by atoms with Crippen molar-refractivity contribution in [1.82, 2.24) is 5.06 Å². The van der Waals surface area contributed by atoms with Crippen molar-refractivity contribution in [3.05, 3.63) is 60.2 Å². The first kappa shape index (κ1) is 16.7. The van der Waals surface area contributed by atoms with Gasteiger partial charge in [-0.25, -0.2) is 5.06 Å². The van der Waals surface area contributed by atoms with E-state index >= 15 is 0 Å². The van der Waals surface area contributed by atoms with Gasteiger partial charge in [-0.2, -0.15) is 0 Å². The Morgan fingerprint density at radius 2 is 1.71 bits per heavy atom. The molecule has 2 aromatic rings. The molecule has 0 N–H and O–H groups in total. The molecule has 0 bridgehead atoms. The molecule has 1 aliphatic rings. The van der Waals surface area contributed by atoms with E-state index in [1.807, 2.05) is 26.8 Å². The molecule has 0 radical (unpaired) electrons. The van der Waals surface area contributed by atoms with Crippen LogP contribution in [0.3, 0.4) is 0 Å². The number of hydrogen-bond acceptors (Lipinski definition) is 2. The van der Waals surface area contributed by atoms with Gasteiger partial charge >= 0.3 is 0 Å². The fraction of sp³-hybridized carbons (Fsp3) is 0.381. The molecule has 0 aromatic heterocycles. The molecule has 1 aliphatic heterocycles. The van der Waals surface area contributed by atoms with Crippen molar-refractivity contribution in [3.8, 4) is 11.1 Å². The Labute approximate surface area is 144 Å². The number of benzene rings is 2. The van der Waals surface area contributed by atoms with Crippen LogP contribution in [0, 0.1) is 0 Å². The summed E-state index contributed by atoms with van der Waals surface area (Å²) in [6.07, 6.45) is 2.16. The van der Waals surface area contributed by atoms with Crippen LogP contribution in [0.5, 0.6) is 0 Å². The lowest BCUT2D eigenvalue weighted by Crippen LogP contribution is -2.35. The van der Waals surface area contributed by atoms with E-state index in [-0.39, 0.29) is 17.6 Å². The third-order valence-electron chi connectivity index (χ3n) is 4.48. The second-order valence-corrected chi connectivity index (χ2v) is 7.05. The number of nitrogens with zero attached hydrogens (tertiary/aromatic N) is 1. The number of rotatable bonds is 4. The molecule has 0 spiro atoms. The van der Waals surface area contributed by atoms with E-state index in [9.17, 15) is 4.79 Å². The van der Waals surface area contributed by atoms with Crippen LogP contribution in [0.25, 0.3) is 11.1 Å². The van der Waals surface area contributed by atoms with Gasteiger partial charge in [0.25, 0.3) is 0 Å². The van der Waals surface area contributed by atoms with Crippen LogP contribution in [-0.2, 0) is 16.1 Å². The topological polar surface area (TPSA) is 29.5 Å². The lowest BCUT2D eigenvalue weighted by Gasteiger charge is -2.23. The van der Waals surface area contributed by atoms with Gasteiger partial charge in [-0.3, -0.25) is 9.63 Å². The van der Waals surface area contributed by atoms with Gasteiger partial charge in [0.2, 0.25) is 5.91 Å². The molecule has 1 amide bonds. The van der Waals surface area contributed by atoms with Crippen LogP contribution in [0.1, 0.15) is 39.2 Å². The lowest BCUT2D eigenvalue weighted by molar-refractivity contribution is -0.203. The Kier molecular flexibility index (Phi) is 4.72. The molecule has 3 rings (SSSR count). The Morgan fingerprint density at radius 1 is 1.08 bits per heavy atom. The van der Waals surface area contributed by atoms with Gasteiger partial charge in [0, 0.05) is 12.8 Å². The van der Waals surface area contributed by atoms with Crippen LogP contribution >= 0.6 is 0 Å². The molecule has 0 aliphatic carbocycles. The summed E-state index contributed by atoms with van der Waals surface area (Å²) in [6.45, 7) is 5.96. The van der Waals surface area contributed by atoms with Crippen molar-refractivity contribution in [1.29, 1.82) is 0 Å². The molecule has 2 aromatic carbocycles. The average Bonchev–Trinajstić information content (AvgIpc) is 2.90. The number of hydrogen-bond donors (Lipinski definition) is 0. The molecule has 3 heteroatoms. The first-order valence-corrected chi connectivity index (χ1v) is 8.64. The molecule has 1 heterocycles. The van der Waals surface area contributed by atoms with Crippen LogP contribution in [-0.4, -0.2) is 22.6 Å². The van der Waals surface area contributed by atoms with Gasteiger partial charge in [-0.15, -0.1) is 0 Å². The maximum atomic E-state index is 12.1. The van der Waals surface area contributed by atoms with Crippen molar-refractivity contribution < 1.29 is 9.63 Å². The van der Waals surface area contributed by atoms with Gasteiger partial charge in [0.1, 0.15) is 0 Å². The highest BCUT2D eigenvalue weighted by Gasteiger charge is 2.41. The highest BCUT2D eigenvalue weighted by molar-refractivity contribution is 5.75. The lowest BCUT2D eigenvalue weighted by atomic mass is 9.94. The maximum absolute atomic E-state index is 12.1. The molecule has 1 saturated heterocycles. The van der Waals surface area contributed by atoms with Crippen molar-refractivity contribution in [2.45, 2.75) is 51.7 Å². The van der Waals surface area contributed by atoms with Crippen molar-refractivity contribution in [3.63, 3.8) is 0 Å². The van der Waals surface area contributed by atoms with E-state index in [0.717, 1.165) is 12.8 Å². The van der Waals surface area contributed by atoms with Crippen LogP contribution in [0.4, 0.5) is 0 Å². The van der Waals surface area contributed by atoms with E-state index in [1.54, 1.807) is 5.06 Å². The van der Waals surface area contributed by atoms with E-state index in [1.165, 1.54) is 16.7 Å². The zero-order chi connectivity index (χ0) is 17.2. The van der Waals surface area contributed by atoms with Crippen LogP contribution in [0.15, 0.2) is 54.6 Å². The number of hydroxylamine groups is 2. The second kappa shape index (κ2) is 6.78. The second-order valence-electron chi connectivity index (χ2n) is 7.05. The summed E-state index contributed by atoms with van der Waals surface area (Å²) in [5.41, 5.74) is 3.38. The molecule has 0 unspecified atom stereocenters. The summed E-state index contributed by atoms with van der Waals surface area (Å²) in [5, 5.41) is 1.60. The van der Waals surface area contributed by atoms with E-state index in [0.29, 0.717) is 6.42 Å². The third-order valence-corrected chi connectivity index (χ3v) is 4.48. The largest absolute Gasteiger partial charge is 0.273 e. The van der Waals surface area contributed by atoms with E-state index in [4.69, 9.17) is 4.84 Å². The minimum absolute atomic E-state index is 0.0616. The summed E-state index contributed by atoms with van der Waals surface area (Å²) in [4.78, 5) is 18.0. The van der Waals surface area contributed by atoms with Crippen LogP contribution in [0.2, 0.25) is 0 Å². The summed E-state index contributed by atoms with van der Waals surface area (Å²) in [6, 6.07) is 19.1. The molecule has 1 atom stereocenters. The summed E-state index contributed by atoms with van der Waals surface area (Å²) >= 11 is 0. The zero-order valence-corrected chi connectivity index (χ0v) is 14.7. The minimum atomic E-state index is -0.278. The molecule has 1 fully saturated rings. The quantitative estimate of drug-likeness (QED) is 0.822. The predicted octanol–water partition coefficient (Wildman–Crippen LogP) is 4.62. The molecule has 24 heavy (non-hydrogen) atoms. The maximum Gasteiger partial charge on any atom is 0.246 e. The molecule has 126 valence electrons. The highest BCUT2D eigenvalue weighted by Crippen LogP contribution is 2.33. The monoisotopic (exact) mass is 323 g/mol. The smallest absolute Gasteiger partial charge is 0.246 e. The minimum Gasteiger partial charge on any atom is -0.273 e. The Bertz CT molecular complexity index is 692. The summed E-state index contributed by atoms with van der Waals surface area (Å²) in [5.74, 6) is 0.0616. The molecular formula is C21H25NO2. The summed E-state index contributed by atoms with van der Waals surface area (Å²) in [7, 11) is 0. The van der Waals surface area contributed by atoms with Gasteiger partial charge < -0.3 is 0 Å². The number of carbonyl (C=O) groups excluding carboxylic acids is 1. The number of carbonyl (C=O) groups is 1. The third kappa shape index (κ3) is 3.68. The summed E-state index contributed by atoms with van der Waals surface area (Å²) < 4.78 is 0.